The van der Waals surface area contributed by atoms with Crippen LogP contribution in [0.3, 0.4) is 0 Å². The number of nitrogens with zero attached hydrogens (tertiary/aromatic N) is 4. The summed E-state index contributed by atoms with van der Waals surface area (Å²) in [6.07, 6.45) is 0. The zero-order valence-electron chi connectivity index (χ0n) is 14.4. The average molecular weight is 363 g/mol. The van der Waals surface area contributed by atoms with Crippen LogP contribution >= 0.6 is 11.8 Å². The average Bonchev–Trinajstić information content (AvgIpc) is 3.03. The quantitative estimate of drug-likeness (QED) is 0.702. The van der Waals surface area contributed by atoms with E-state index in [4.69, 9.17) is 5.26 Å². The molecule has 0 fully saturated rings. The molecule has 0 unspecified atom stereocenters. The largest absolute Gasteiger partial charge is 0.325 e. The third-order valence-electron chi connectivity index (χ3n) is 3.78. The van der Waals surface area contributed by atoms with Gasteiger partial charge in [0.05, 0.1) is 16.9 Å². The van der Waals surface area contributed by atoms with Gasteiger partial charge in [-0.3, -0.25) is 4.79 Å². The van der Waals surface area contributed by atoms with Gasteiger partial charge in [0.15, 0.2) is 11.0 Å². The number of carbonyl (C=O) groups excluding carboxylic acids is 1. The summed E-state index contributed by atoms with van der Waals surface area (Å²) >= 11 is 1.34. The summed E-state index contributed by atoms with van der Waals surface area (Å²) in [5.41, 5.74) is 2.08. The van der Waals surface area contributed by atoms with Gasteiger partial charge in [0, 0.05) is 18.3 Å². The van der Waals surface area contributed by atoms with Gasteiger partial charge in [0.25, 0.3) is 0 Å². The van der Waals surface area contributed by atoms with E-state index in [1.165, 1.54) is 11.8 Å². The molecule has 1 N–H and O–H groups in total. The van der Waals surface area contributed by atoms with Gasteiger partial charge in [-0.25, -0.2) is 0 Å². The highest BCUT2D eigenvalue weighted by atomic mass is 32.2. The Hall–Kier alpha value is -3.11. The fraction of sp³-hybridized carbons (Fsp3) is 0.158. The molecule has 0 aliphatic rings. The number of rotatable bonds is 5. The zero-order chi connectivity index (χ0) is 18.5. The number of aromatic nitrogens is 3. The van der Waals surface area contributed by atoms with Crippen LogP contribution in [0.5, 0.6) is 0 Å². The molecule has 0 saturated heterocycles. The molecule has 0 bridgehead atoms. The number of carbonyl (C=O) groups is 1. The van der Waals surface area contributed by atoms with Crippen molar-refractivity contribution in [2.24, 2.45) is 7.05 Å². The Labute approximate surface area is 155 Å². The Morgan fingerprint density at radius 1 is 1.19 bits per heavy atom. The molecule has 0 spiro atoms. The van der Waals surface area contributed by atoms with Crippen molar-refractivity contribution in [3.05, 3.63) is 60.2 Å². The van der Waals surface area contributed by atoms with Gasteiger partial charge in [-0.2, -0.15) is 5.26 Å². The van der Waals surface area contributed by atoms with Gasteiger partial charge in [-0.05, 0) is 25.1 Å². The molecular formula is C19H17N5OS. The second-order valence-corrected chi connectivity index (χ2v) is 6.98. The summed E-state index contributed by atoms with van der Waals surface area (Å²) in [4.78, 5) is 12.4. The highest BCUT2D eigenvalue weighted by Crippen LogP contribution is 2.26. The van der Waals surface area contributed by atoms with Crippen LogP contribution in [0, 0.1) is 11.3 Å². The van der Waals surface area contributed by atoms with Crippen LogP contribution in [0.15, 0.2) is 59.8 Å². The van der Waals surface area contributed by atoms with Crippen LogP contribution < -0.4 is 5.32 Å². The summed E-state index contributed by atoms with van der Waals surface area (Å²) < 4.78 is 1.88. The highest BCUT2D eigenvalue weighted by Gasteiger charge is 2.19. The lowest BCUT2D eigenvalue weighted by atomic mass is 10.2. The van der Waals surface area contributed by atoms with Gasteiger partial charge in [-0.15, -0.1) is 10.2 Å². The molecule has 0 saturated carbocycles. The number of thioether (sulfide) groups is 1. The van der Waals surface area contributed by atoms with E-state index < -0.39 is 0 Å². The van der Waals surface area contributed by atoms with E-state index in [0.29, 0.717) is 16.4 Å². The van der Waals surface area contributed by atoms with Crippen molar-refractivity contribution in [1.82, 2.24) is 14.8 Å². The van der Waals surface area contributed by atoms with E-state index in [1.807, 2.05) is 48.9 Å². The predicted molar refractivity (Wildman–Crippen MR) is 102 cm³/mol. The minimum Gasteiger partial charge on any atom is -0.325 e. The molecule has 1 heterocycles. The first-order valence-corrected chi connectivity index (χ1v) is 8.89. The number of nitriles is 1. The van der Waals surface area contributed by atoms with Gasteiger partial charge in [0.2, 0.25) is 5.91 Å². The number of nitrogens with one attached hydrogen (secondary N) is 1. The number of benzene rings is 2. The van der Waals surface area contributed by atoms with E-state index in [9.17, 15) is 4.79 Å². The Morgan fingerprint density at radius 3 is 2.69 bits per heavy atom. The Kier molecular flexibility index (Phi) is 5.34. The van der Waals surface area contributed by atoms with Crippen LogP contribution in [0.1, 0.15) is 12.5 Å². The number of hydrogen-bond donors (Lipinski definition) is 1. The van der Waals surface area contributed by atoms with Crippen molar-refractivity contribution in [3.63, 3.8) is 0 Å². The third kappa shape index (κ3) is 3.92. The van der Waals surface area contributed by atoms with Gasteiger partial charge in [0.1, 0.15) is 0 Å². The second-order valence-electron chi connectivity index (χ2n) is 5.67. The molecule has 3 rings (SSSR count). The maximum atomic E-state index is 12.4. The van der Waals surface area contributed by atoms with Crippen molar-refractivity contribution in [2.75, 3.05) is 5.32 Å². The standard InChI is InChI=1S/C19H17N5OS/c1-13(18(25)21-16-10-6-7-14(11-16)12-20)26-19-23-22-17(24(19)2)15-8-4-3-5-9-15/h3-11,13H,1-2H3,(H,21,25)/t13-/m0/s1. The van der Waals surface area contributed by atoms with Crippen LogP contribution in [0.2, 0.25) is 0 Å². The minimum atomic E-state index is -0.368. The van der Waals surface area contributed by atoms with Crippen molar-refractivity contribution >= 4 is 23.4 Å². The second kappa shape index (κ2) is 7.85. The molecule has 6 nitrogen and oxygen atoms in total. The summed E-state index contributed by atoms with van der Waals surface area (Å²) in [5.74, 6) is 0.594. The van der Waals surface area contributed by atoms with Crippen LogP contribution in [-0.4, -0.2) is 25.9 Å². The zero-order valence-corrected chi connectivity index (χ0v) is 15.2. The van der Waals surface area contributed by atoms with Crippen molar-refractivity contribution in [1.29, 1.82) is 5.26 Å². The van der Waals surface area contributed by atoms with Gasteiger partial charge < -0.3 is 9.88 Å². The number of amides is 1. The Balaban J connectivity index is 1.70. The maximum absolute atomic E-state index is 12.4. The van der Waals surface area contributed by atoms with E-state index >= 15 is 0 Å². The molecule has 1 atom stereocenters. The lowest BCUT2D eigenvalue weighted by Gasteiger charge is -2.12. The summed E-state index contributed by atoms with van der Waals surface area (Å²) in [6, 6.07) is 18.7. The fourth-order valence-corrected chi connectivity index (χ4v) is 3.19. The molecule has 130 valence electrons. The van der Waals surface area contributed by atoms with E-state index in [0.717, 1.165) is 11.4 Å². The van der Waals surface area contributed by atoms with Crippen LogP contribution in [0.25, 0.3) is 11.4 Å². The molecule has 0 radical (unpaired) electrons. The van der Waals surface area contributed by atoms with Gasteiger partial charge >= 0.3 is 0 Å². The van der Waals surface area contributed by atoms with Gasteiger partial charge in [-0.1, -0.05) is 48.2 Å². The predicted octanol–water partition coefficient (Wildman–Crippen LogP) is 3.47. The van der Waals surface area contributed by atoms with Crippen molar-refractivity contribution < 1.29 is 4.79 Å². The lowest BCUT2D eigenvalue weighted by Crippen LogP contribution is -2.22. The van der Waals surface area contributed by atoms with E-state index in [2.05, 4.69) is 21.6 Å². The molecule has 3 aromatic rings. The summed E-state index contributed by atoms with van der Waals surface area (Å²) in [6.45, 7) is 1.81. The molecule has 1 aromatic heterocycles. The Morgan fingerprint density at radius 2 is 1.96 bits per heavy atom. The maximum Gasteiger partial charge on any atom is 0.237 e. The Bertz CT molecular complexity index is 962. The molecule has 2 aromatic carbocycles. The molecule has 1 amide bonds. The SMILES string of the molecule is C[C@H](Sc1nnc(-c2ccccc2)n1C)C(=O)Nc1cccc(C#N)c1. The number of hydrogen-bond acceptors (Lipinski definition) is 5. The summed E-state index contributed by atoms with van der Waals surface area (Å²) in [5, 5.41) is 20.5. The number of anilines is 1. The molecular weight excluding hydrogens is 346 g/mol. The van der Waals surface area contributed by atoms with Crippen LogP contribution in [-0.2, 0) is 11.8 Å². The van der Waals surface area contributed by atoms with E-state index in [1.54, 1.807) is 24.3 Å². The summed E-state index contributed by atoms with van der Waals surface area (Å²) in [7, 11) is 1.88. The first-order valence-electron chi connectivity index (χ1n) is 8.01. The van der Waals surface area contributed by atoms with Crippen molar-refractivity contribution in [2.45, 2.75) is 17.3 Å². The molecule has 26 heavy (non-hydrogen) atoms. The topological polar surface area (TPSA) is 83.6 Å². The molecule has 0 aliphatic carbocycles. The smallest absolute Gasteiger partial charge is 0.237 e. The highest BCUT2D eigenvalue weighted by molar-refractivity contribution is 8.00. The third-order valence-corrected chi connectivity index (χ3v) is 4.91. The minimum absolute atomic E-state index is 0.158. The normalized spacial score (nSPS) is 11.6. The fourth-order valence-electron chi connectivity index (χ4n) is 2.38. The molecule has 0 aliphatic heterocycles. The van der Waals surface area contributed by atoms with Crippen molar-refractivity contribution in [3.8, 4) is 17.5 Å². The first-order chi connectivity index (χ1) is 12.6. The van der Waals surface area contributed by atoms with Crippen LogP contribution in [0.4, 0.5) is 5.69 Å². The first kappa shape index (κ1) is 17.7. The van der Waals surface area contributed by atoms with E-state index in [-0.39, 0.29) is 11.2 Å². The monoisotopic (exact) mass is 363 g/mol. The lowest BCUT2D eigenvalue weighted by molar-refractivity contribution is -0.115. The molecule has 7 heteroatoms.